The molecule has 2 aromatic carbocycles. The fraction of sp³-hybridized carbons (Fsp3) is 0.250. The summed E-state index contributed by atoms with van der Waals surface area (Å²) >= 11 is 0. The van der Waals surface area contributed by atoms with Crippen LogP contribution in [0, 0.1) is 13.8 Å². The van der Waals surface area contributed by atoms with E-state index in [1.807, 2.05) is 32.0 Å². The number of aliphatic carboxylic acids is 1. The molecule has 26 heavy (non-hydrogen) atoms. The Morgan fingerprint density at radius 1 is 1.15 bits per heavy atom. The van der Waals surface area contributed by atoms with Gasteiger partial charge in [-0.1, -0.05) is 35.9 Å². The minimum Gasteiger partial charge on any atom is -0.478 e. The Morgan fingerprint density at radius 2 is 1.88 bits per heavy atom. The fourth-order valence-electron chi connectivity index (χ4n) is 3.02. The van der Waals surface area contributed by atoms with Crippen molar-refractivity contribution in [3.05, 3.63) is 69.8 Å². The van der Waals surface area contributed by atoms with Crippen LogP contribution in [0.4, 0.5) is 13.2 Å². The quantitative estimate of drug-likeness (QED) is 0.862. The SMILES string of the molecule is Cc1ccc(Cc2ccc3c(c2)OC(C(F)(F)F)C(C(=O)O)=C3)c(C)c1. The minimum atomic E-state index is -4.80. The molecule has 3 rings (SSSR count). The van der Waals surface area contributed by atoms with Gasteiger partial charge in [-0.15, -0.1) is 0 Å². The van der Waals surface area contributed by atoms with Crippen molar-refractivity contribution in [2.45, 2.75) is 32.5 Å². The van der Waals surface area contributed by atoms with Crippen LogP contribution in [-0.4, -0.2) is 23.4 Å². The van der Waals surface area contributed by atoms with E-state index in [0.717, 1.165) is 28.3 Å². The Bertz CT molecular complexity index is 898. The Balaban J connectivity index is 1.95. The summed E-state index contributed by atoms with van der Waals surface area (Å²) in [5.41, 5.74) is 3.62. The van der Waals surface area contributed by atoms with Crippen LogP contribution in [0.2, 0.25) is 0 Å². The van der Waals surface area contributed by atoms with Gasteiger partial charge >= 0.3 is 12.1 Å². The van der Waals surface area contributed by atoms with E-state index in [1.165, 1.54) is 0 Å². The van der Waals surface area contributed by atoms with Crippen LogP contribution in [0.3, 0.4) is 0 Å². The molecule has 1 aliphatic heterocycles. The number of carbonyl (C=O) groups is 1. The Kier molecular flexibility index (Phi) is 4.52. The maximum atomic E-state index is 13.2. The summed E-state index contributed by atoms with van der Waals surface area (Å²) in [6, 6.07) is 10.9. The van der Waals surface area contributed by atoms with Gasteiger partial charge in [0, 0.05) is 5.56 Å². The van der Waals surface area contributed by atoms with Gasteiger partial charge in [0.05, 0.1) is 5.57 Å². The largest absolute Gasteiger partial charge is 0.478 e. The van der Waals surface area contributed by atoms with Gasteiger partial charge in [0.15, 0.2) is 0 Å². The lowest BCUT2D eigenvalue weighted by Gasteiger charge is -2.27. The molecule has 0 spiro atoms. The summed E-state index contributed by atoms with van der Waals surface area (Å²) in [4.78, 5) is 11.1. The van der Waals surface area contributed by atoms with Crippen molar-refractivity contribution in [3.63, 3.8) is 0 Å². The van der Waals surface area contributed by atoms with Gasteiger partial charge in [0.1, 0.15) is 5.75 Å². The Morgan fingerprint density at radius 3 is 2.50 bits per heavy atom. The third-order valence-corrected chi connectivity index (χ3v) is 4.35. The van der Waals surface area contributed by atoms with Crippen molar-refractivity contribution in [1.82, 2.24) is 0 Å². The van der Waals surface area contributed by atoms with Gasteiger partial charge in [-0.2, -0.15) is 13.2 Å². The zero-order chi connectivity index (χ0) is 19.1. The fourth-order valence-corrected chi connectivity index (χ4v) is 3.02. The standard InChI is InChI=1S/C20H17F3O3/c1-11-3-5-14(12(2)7-11)8-13-4-6-15-10-16(19(24)25)18(20(21,22)23)26-17(15)9-13/h3-7,9-10,18H,8H2,1-2H3,(H,24,25). The molecule has 0 aromatic heterocycles. The van der Waals surface area contributed by atoms with E-state index in [4.69, 9.17) is 9.84 Å². The average Bonchev–Trinajstić information content (AvgIpc) is 2.55. The first-order valence-electron chi connectivity index (χ1n) is 8.02. The second kappa shape index (κ2) is 6.52. The molecule has 0 saturated heterocycles. The molecule has 1 unspecified atom stereocenters. The molecule has 1 N–H and O–H groups in total. The molecule has 0 bridgehead atoms. The zero-order valence-corrected chi connectivity index (χ0v) is 14.2. The third kappa shape index (κ3) is 3.59. The molecule has 0 amide bonds. The number of carboxylic acids is 1. The third-order valence-electron chi connectivity index (χ3n) is 4.35. The molecule has 136 valence electrons. The highest BCUT2D eigenvalue weighted by molar-refractivity contribution is 5.95. The van der Waals surface area contributed by atoms with Gasteiger partial charge < -0.3 is 9.84 Å². The summed E-state index contributed by atoms with van der Waals surface area (Å²) in [6.07, 6.45) is -5.69. The predicted octanol–water partition coefficient (Wildman–Crippen LogP) is 4.69. The van der Waals surface area contributed by atoms with E-state index in [9.17, 15) is 18.0 Å². The summed E-state index contributed by atoms with van der Waals surface area (Å²) < 4.78 is 44.5. The van der Waals surface area contributed by atoms with Gasteiger partial charge in [0.2, 0.25) is 6.10 Å². The first-order chi connectivity index (χ1) is 12.1. The van der Waals surface area contributed by atoms with Crippen molar-refractivity contribution in [3.8, 4) is 5.75 Å². The van der Waals surface area contributed by atoms with Crippen LogP contribution in [0.15, 0.2) is 42.0 Å². The lowest BCUT2D eigenvalue weighted by molar-refractivity contribution is -0.187. The van der Waals surface area contributed by atoms with Crippen LogP contribution in [0.25, 0.3) is 6.08 Å². The van der Waals surface area contributed by atoms with E-state index >= 15 is 0 Å². The number of carboxylic acid groups (broad SMARTS) is 1. The van der Waals surface area contributed by atoms with Crippen molar-refractivity contribution in [1.29, 1.82) is 0 Å². The molecule has 1 atom stereocenters. The highest BCUT2D eigenvalue weighted by Gasteiger charge is 2.48. The summed E-state index contributed by atoms with van der Waals surface area (Å²) in [5.74, 6) is -1.60. The molecular weight excluding hydrogens is 345 g/mol. The van der Waals surface area contributed by atoms with Crippen LogP contribution in [0.5, 0.6) is 5.75 Å². The molecule has 6 heteroatoms. The summed E-state index contributed by atoms with van der Waals surface area (Å²) in [6.45, 7) is 3.98. The number of halogens is 3. The number of benzene rings is 2. The number of fused-ring (bicyclic) bond motifs is 1. The van der Waals surface area contributed by atoms with Gasteiger partial charge in [-0.25, -0.2) is 4.79 Å². The van der Waals surface area contributed by atoms with Crippen LogP contribution in [0.1, 0.15) is 27.8 Å². The van der Waals surface area contributed by atoms with Gasteiger partial charge in [-0.3, -0.25) is 0 Å². The molecular formula is C20H17F3O3. The van der Waals surface area contributed by atoms with Crippen LogP contribution >= 0.6 is 0 Å². The highest BCUT2D eigenvalue weighted by atomic mass is 19.4. The highest BCUT2D eigenvalue weighted by Crippen LogP contribution is 2.38. The van der Waals surface area contributed by atoms with E-state index in [-0.39, 0.29) is 5.75 Å². The monoisotopic (exact) mass is 362 g/mol. The first kappa shape index (κ1) is 18.0. The maximum absolute atomic E-state index is 13.2. The molecule has 1 aliphatic rings. The van der Waals surface area contributed by atoms with Crippen LogP contribution in [-0.2, 0) is 11.2 Å². The van der Waals surface area contributed by atoms with Gasteiger partial charge in [0.25, 0.3) is 0 Å². The predicted molar refractivity (Wildman–Crippen MR) is 91.2 cm³/mol. The van der Waals surface area contributed by atoms with Crippen molar-refractivity contribution >= 4 is 12.0 Å². The summed E-state index contributed by atoms with van der Waals surface area (Å²) in [7, 11) is 0. The molecule has 0 radical (unpaired) electrons. The topological polar surface area (TPSA) is 46.5 Å². The number of alkyl halides is 3. The van der Waals surface area contributed by atoms with E-state index in [2.05, 4.69) is 0 Å². The number of ether oxygens (including phenoxy) is 1. The number of aryl methyl sites for hydroxylation is 2. The normalized spacial score (nSPS) is 16.5. The molecule has 1 heterocycles. The smallest absolute Gasteiger partial charge is 0.430 e. The molecule has 0 aliphatic carbocycles. The first-order valence-corrected chi connectivity index (χ1v) is 8.02. The number of rotatable bonds is 3. The van der Waals surface area contributed by atoms with E-state index in [1.54, 1.807) is 18.2 Å². The Labute approximate surface area is 148 Å². The van der Waals surface area contributed by atoms with Crippen molar-refractivity contribution < 1.29 is 27.8 Å². The van der Waals surface area contributed by atoms with Crippen molar-refractivity contribution in [2.75, 3.05) is 0 Å². The minimum absolute atomic E-state index is 0.0413. The van der Waals surface area contributed by atoms with Crippen molar-refractivity contribution in [2.24, 2.45) is 0 Å². The van der Waals surface area contributed by atoms with Gasteiger partial charge in [-0.05, 0) is 49.1 Å². The lowest BCUT2D eigenvalue weighted by Crippen LogP contribution is -2.40. The maximum Gasteiger partial charge on any atom is 0.430 e. The second-order valence-corrected chi connectivity index (χ2v) is 6.42. The molecule has 2 aromatic rings. The molecule has 0 fully saturated rings. The van der Waals surface area contributed by atoms with E-state index < -0.39 is 23.8 Å². The summed E-state index contributed by atoms with van der Waals surface area (Å²) in [5, 5.41) is 9.05. The lowest BCUT2D eigenvalue weighted by atomic mass is 9.96. The average molecular weight is 362 g/mol. The zero-order valence-electron chi connectivity index (χ0n) is 14.2. The molecule has 3 nitrogen and oxygen atoms in total. The number of hydrogen-bond donors (Lipinski definition) is 1. The number of hydrogen-bond acceptors (Lipinski definition) is 2. The van der Waals surface area contributed by atoms with Crippen LogP contribution < -0.4 is 4.74 Å². The van der Waals surface area contributed by atoms with E-state index in [0.29, 0.717) is 12.0 Å². The molecule has 0 saturated carbocycles. The second-order valence-electron chi connectivity index (χ2n) is 6.42. The Hall–Kier alpha value is -2.76.